The van der Waals surface area contributed by atoms with Gasteiger partial charge in [0.05, 0.1) is 28.7 Å². The van der Waals surface area contributed by atoms with Gasteiger partial charge in [-0.1, -0.05) is 0 Å². The third-order valence-electron chi connectivity index (χ3n) is 3.93. The number of hydrogen-bond acceptors (Lipinski definition) is 4. The molecule has 1 aliphatic rings. The second-order valence-corrected chi connectivity index (χ2v) is 6.81. The Kier molecular flexibility index (Phi) is 2.72. The number of thiophene rings is 1. The molecule has 0 amide bonds. The van der Waals surface area contributed by atoms with Crippen LogP contribution >= 0.6 is 11.3 Å². The molecule has 0 spiro atoms. The fraction of sp³-hybridized carbons (Fsp3) is 0.312. The van der Waals surface area contributed by atoms with Crippen LogP contribution in [0.25, 0.3) is 22.4 Å². The summed E-state index contributed by atoms with van der Waals surface area (Å²) in [4.78, 5) is 6.05. The Hall–Kier alpha value is -2.01. The molecule has 4 rings (SSSR count). The molecule has 2 heterocycles. The van der Waals surface area contributed by atoms with E-state index in [-0.39, 0.29) is 0 Å². The van der Waals surface area contributed by atoms with Crippen molar-refractivity contribution >= 4 is 27.4 Å². The summed E-state index contributed by atoms with van der Waals surface area (Å²) < 4.78 is 7.65. The van der Waals surface area contributed by atoms with Crippen molar-refractivity contribution < 1.29 is 4.74 Å². The van der Waals surface area contributed by atoms with Crippen molar-refractivity contribution in [3.05, 3.63) is 29.1 Å². The Labute approximate surface area is 127 Å². The number of fused-ring (bicyclic) bond motifs is 1. The number of methoxy groups -OCH3 is 1. The number of aromatic nitrogens is 2. The number of anilines is 1. The van der Waals surface area contributed by atoms with Gasteiger partial charge in [0.1, 0.15) is 11.6 Å². The van der Waals surface area contributed by atoms with Crippen molar-refractivity contribution in [3.63, 3.8) is 0 Å². The van der Waals surface area contributed by atoms with E-state index < -0.39 is 0 Å². The molecular formula is C16H17N3OS. The molecule has 1 aromatic carbocycles. The molecule has 2 aromatic heterocycles. The fourth-order valence-corrected chi connectivity index (χ4v) is 3.59. The second kappa shape index (κ2) is 4.49. The van der Waals surface area contributed by atoms with Crippen LogP contribution in [0.3, 0.4) is 0 Å². The number of nitrogens with zero attached hydrogens (tertiary/aromatic N) is 2. The topological polar surface area (TPSA) is 53.1 Å². The van der Waals surface area contributed by atoms with Gasteiger partial charge in [0.25, 0.3) is 0 Å². The first-order valence-electron chi connectivity index (χ1n) is 7.09. The number of nitrogen functional groups attached to an aromatic ring is 1. The average molecular weight is 299 g/mol. The number of benzene rings is 1. The van der Waals surface area contributed by atoms with Crippen LogP contribution in [0, 0.1) is 6.92 Å². The minimum absolute atomic E-state index is 0.554. The highest BCUT2D eigenvalue weighted by atomic mass is 32.1. The molecule has 0 bridgehead atoms. The monoisotopic (exact) mass is 299 g/mol. The van der Waals surface area contributed by atoms with Crippen LogP contribution in [0.15, 0.2) is 24.3 Å². The summed E-state index contributed by atoms with van der Waals surface area (Å²) in [6, 6.07) is 8.77. The van der Waals surface area contributed by atoms with Crippen molar-refractivity contribution in [2.45, 2.75) is 25.8 Å². The van der Waals surface area contributed by atoms with Gasteiger partial charge in [0, 0.05) is 17.0 Å². The van der Waals surface area contributed by atoms with E-state index in [1.165, 1.54) is 17.7 Å². The minimum atomic E-state index is 0.554. The second-order valence-electron chi connectivity index (χ2n) is 5.53. The Bertz CT molecular complexity index is 830. The molecule has 21 heavy (non-hydrogen) atoms. The van der Waals surface area contributed by atoms with E-state index in [4.69, 9.17) is 15.5 Å². The summed E-state index contributed by atoms with van der Waals surface area (Å²) in [6.45, 7) is 2.08. The van der Waals surface area contributed by atoms with Crippen LogP contribution in [0.1, 0.15) is 23.8 Å². The molecule has 1 fully saturated rings. The maximum absolute atomic E-state index is 6.18. The molecule has 5 heteroatoms. The first-order chi connectivity index (χ1) is 10.2. The normalized spacial score (nSPS) is 14.8. The van der Waals surface area contributed by atoms with E-state index in [1.54, 1.807) is 18.4 Å². The van der Waals surface area contributed by atoms with Gasteiger partial charge in [-0.3, -0.25) is 0 Å². The molecule has 4 nitrogen and oxygen atoms in total. The van der Waals surface area contributed by atoms with Crippen molar-refractivity contribution in [1.29, 1.82) is 0 Å². The van der Waals surface area contributed by atoms with Crippen molar-refractivity contribution in [3.8, 4) is 17.1 Å². The number of nitrogens with two attached hydrogens (primary N) is 1. The van der Waals surface area contributed by atoms with Gasteiger partial charge in [0.2, 0.25) is 0 Å². The molecule has 3 aromatic rings. The molecule has 0 radical (unpaired) electrons. The molecule has 0 unspecified atom stereocenters. The molecule has 108 valence electrons. The predicted octanol–water partition coefficient (Wildman–Crippen LogP) is 4.00. The zero-order valence-electron chi connectivity index (χ0n) is 12.1. The Morgan fingerprint density at radius 1 is 1.33 bits per heavy atom. The maximum atomic E-state index is 6.18. The lowest BCUT2D eigenvalue weighted by Gasteiger charge is -2.07. The quantitative estimate of drug-likeness (QED) is 0.795. The maximum Gasteiger partial charge on any atom is 0.144 e. The van der Waals surface area contributed by atoms with Gasteiger partial charge < -0.3 is 15.0 Å². The van der Waals surface area contributed by atoms with Crippen LogP contribution in [0.4, 0.5) is 5.00 Å². The summed E-state index contributed by atoms with van der Waals surface area (Å²) in [5.74, 6) is 1.83. The molecule has 0 aliphatic heterocycles. The van der Waals surface area contributed by atoms with Crippen LogP contribution in [0.5, 0.6) is 5.75 Å². The van der Waals surface area contributed by atoms with Crippen molar-refractivity contribution in [1.82, 2.24) is 9.55 Å². The molecule has 0 atom stereocenters. The summed E-state index contributed by atoms with van der Waals surface area (Å²) in [5, 5.41) is 0.844. The van der Waals surface area contributed by atoms with Crippen molar-refractivity contribution in [2.75, 3.05) is 12.8 Å². The summed E-state index contributed by atoms with van der Waals surface area (Å²) in [5.41, 5.74) is 9.37. The van der Waals surface area contributed by atoms with E-state index in [2.05, 4.69) is 23.6 Å². The lowest BCUT2D eigenvalue weighted by atomic mass is 10.2. The van der Waals surface area contributed by atoms with E-state index in [9.17, 15) is 0 Å². The van der Waals surface area contributed by atoms with Crippen LogP contribution in [-0.2, 0) is 0 Å². The smallest absolute Gasteiger partial charge is 0.144 e. The number of ether oxygens (including phenoxy) is 1. The molecule has 1 saturated carbocycles. The van der Waals surface area contributed by atoms with Gasteiger partial charge in [-0.15, -0.1) is 11.3 Å². The third kappa shape index (κ3) is 2.00. The number of imidazole rings is 1. The lowest BCUT2D eigenvalue weighted by molar-refractivity contribution is 0.415. The Morgan fingerprint density at radius 3 is 2.76 bits per heavy atom. The first-order valence-corrected chi connectivity index (χ1v) is 7.91. The van der Waals surface area contributed by atoms with Crippen LogP contribution < -0.4 is 10.5 Å². The van der Waals surface area contributed by atoms with E-state index in [0.29, 0.717) is 6.04 Å². The summed E-state index contributed by atoms with van der Waals surface area (Å²) >= 11 is 1.62. The SMILES string of the molecule is COc1ccc2c(c1)nc(-c1cc(C)sc1N)n2C1CC1. The average Bonchev–Trinajstić information content (AvgIpc) is 3.15. The van der Waals surface area contributed by atoms with E-state index in [1.807, 2.05) is 12.1 Å². The Morgan fingerprint density at radius 2 is 2.14 bits per heavy atom. The molecule has 2 N–H and O–H groups in total. The van der Waals surface area contributed by atoms with E-state index >= 15 is 0 Å². The van der Waals surface area contributed by atoms with E-state index in [0.717, 1.165) is 33.2 Å². The third-order valence-corrected chi connectivity index (χ3v) is 4.81. The Balaban J connectivity index is 1.99. The zero-order chi connectivity index (χ0) is 14.6. The van der Waals surface area contributed by atoms with Gasteiger partial charge in [-0.2, -0.15) is 0 Å². The van der Waals surface area contributed by atoms with Crippen LogP contribution in [-0.4, -0.2) is 16.7 Å². The molecular weight excluding hydrogens is 282 g/mol. The van der Waals surface area contributed by atoms with Gasteiger partial charge >= 0.3 is 0 Å². The predicted molar refractivity (Wildman–Crippen MR) is 87.0 cm³/mol. The highest BCUT2D eigenvalue weighted by molar-refractivity contribution is 7.16. The highest BCUT2D eigenvalue weighted by Crippen LogP contribution is 2.44. The lowest BCUT2D eigenvalue weighted by Crippen LogP contribution is -1.98. The number of hydrogen-bond donors (Lipinski definition) is 1. The van der Waals surface area contributed by atoms with Crippen molar-refractivity contribution in [2.24, 2.45) is 0 Å². The van der Waals surface area contributed by atoms with Gasteiger partial charge in [0.15, 0.2) is 0 Å². The fourth-order valence-electron chi connectivity index (χ4n) is 2.80. The molecule has 0 saturated heterocycles. The minimum Gasteiger partial charge on any atom is -0.497 e. The zero-order valence-corrected chi connectivity index (χ0v) is 12.9. The number of aryl methyl sites for hydroxylation is 1. The standard InChI is InChI=1S/C16H17N3OS/c1-9-7-12(15(17)21-9)16-18-13-8-11(20-2)5-6-14(13)19(16)10-3-4-10/h5-8,10H,3-4,17H2,1-2H3. The highest BCUT2D eigenvalue weighted by Gasteiger charge is 2.29. The molecule has 1 aliphatic carbocycles. The van der Waals surface area contributed by atoms with Gasteiger partial charge in [-0.25, -0.2) is 4.98 Å². The summed E-state index contributed by atoms with van der Waals surface area (Å²) in [7, 11) is 1.68. The largest absolute Gasteiger partial charge is 0.497 e. The van der Waals surface area contributed by atoms with Gasteiger partial charge in [-0.05, 0) is 38.0 Å². The first kappa shape index (κ1) is 12.7. The summed E-state index contributed by atoms with van der Waals surface area (Å²) in [6.07, 6.45) is 2.43. The van der Waals surface area contributed by atoms with Crippen LogP contribution in [0.2, 0.25) is 0 Å². The number of rotatable bonds is 3.